The summed E-state index contributed by atoms with van der Waals surface area (Å²) < 4.78 is 39.6. The first-order valence-corrected chi connectivity index (χ1v) is 19.2. The van der Waals surface area contributed by atoms with Gasteiger partial charge in [0.25, 0.3) is 0 Å². The van der Waals surface area contributed by atoms with Gasteiger partial charge in [-0.2, -0.15) is 0 Å². The minimum absolute atomic E-state index is 0.0111. The zero-order valence-corrected chi connectivity index (χ0v) is 36.1. The molecule has 0 amide bonds. The van der Waals surface area contributed by atoms with Crippen LogP contribution in [0.2, 0.25) is 0 Å². The average molecular weight is 781 g/mol. The number of allylic oxidation sites excluding steroid dienone is 2. The fourth-order valence-electron chi connectivity index (χ4n) is 5.83. The number of aryl methyl sites for hydroxylation is 1. The summed E-state index contributed by atoms with van der Waals surface area (Å²) in [5, 5.41) is 0. The van der Waals surface area contributed by atoms with E-state index in [1.54, 1.807) is 63.8 Å². The van der Waals surface area contributed by atoms with Crippen molar-refractivity contribution in [3.05, 3.63) is 112 Å². The van der Waals surface area contributed by atoms with Gasteiger partial charge in [-0.3, -0.25) is 9.59 Å². The van der Waals surface area contributed by atoms with Gasteiger partial charge in [0.2, 0.25) is 0 Å². The number of carbonyl (C=O) groups excluding carboxylic acids is 2. The van der Waals surface area contributed by atoms with Gasteiger partial charge in [0.15, 0.2) is 11.6 Å². The van der Waals surface area contributed by atoms with Crippen LogP contribution in [0.15, 0.2) is 72.8 Å². The molecule has 0 radical (unpaired) electrons. The summed E-state index contributed by atoms with van der Waals surface area (Å²) >= 11 is 0. The third-order valence-corrected chi connectivity index (χ3v) is 8.46. The number of methoxy groups -OCH3 is 3. The van der Waals surface area contributed by atoms with Crippen molar-refractivity contribution in [1.82, 2.24) is 0 Å². The van der Waals surface area contributed by atoms with E-state index in [0.717, 1.165) is 39.3 Å². The Hall–Kier alpha value is -5.70. The number of ether oxygens (including phenoxy) is 7. The SMILES string of the molecule is COc1c(C(=O)/C=C/c2ccc(OC(C)C)cc2OC(C)C)ccc(C)c1C.COc1ccc(/C=C/C(=O)c2ccc(OC(C)C)cc2OC(C)C)c(OC)c1C. The Kier molecular flexibility index (Phi) is 17.3. The average Bonchev–Trinajstić information content (AvgIpc) is 3.14. The van der Waals surface area contributed by atoms with Crippen LogP contribution >= 0.6 is 0 Å². The van der Waals surface area contributed by atoms with Crippen LogP contribution in [0.3, 0.4) is 0 Å². The van der Waals surface area contributed by atoms with Crippen LogP contribution in [-0.4, -0.2) is 57.3 Å². The molecule has 0 spiro atoms. The molecular formula is C48H60O9. The standard InChI is InChI=1S/C24H30O5.C24H30O4/c1-15(2)28-19-10-11-20(23(14-19)29-16(3)4)21(25)12-8-18-9-13-22(26-6)17(5)24(18)27-7;1-15(2)27-20-11-9-19(23(14-20)28-16(3)4)10-13-22(25)21-12-8-17(5)18(6)24(21)26-7/h8-16H,1-7H3;8-16H,1-7H3/b12-8+;13-10+. The largest absolute Gasteiger partial charge is 0.496 e. The van der Waals surface area contributed by atoms with Crippen LogP contribution in [0.1, 0.15) is 104 Å². The van der Waals surface area contributed by atoms with Crippen LogP contribution < -0.4 is 33.2 Å². The van der Waals surface area contributed by atoms with E-state index >= 15 is 0 Å². The second kappa shape index (κ2) is 21.6. The Bertz CT molecular complexity index is 2040. The minimum atomic E-state index is -0.160. The van der Waals surface area contributed by atoms with E-state index in [1.165, 1.54) is 6.08 Å². The first kappa shape index (κ1) is 45.7. The topological polar surface area (TPSA) is 98.8 Å². The normalized spacial score (nSPS) is 11.3. The van der Waals surface area contributed by atoms with E-state index in [1.807, 2.05) is 113 Å². The summed E-state index contributed by atoms with van der Waals surface area (Å²) in [7, 11) is 4.80. The van der Waals surface area contributed by atoms with Crippen LogP contribution in [0.4, 0.5) is 0 Å². The smallest absolute Gasteiger partial charge is 0.189 e. The van der Waals surface area contributed by atoms with E-state index < -0.39 is 0 Å². The van der Waals surface area contributed by atoms with Gasteiger partial charge in [-0.25, -0.2) is 0 Å². The van der Waals surface area contributed by atoms with Crippen molar-refractivity contribution in [3.8, 4) is 40.2 Å². The number of ketones is 2. The molecule has 4 aromatic carbocycles. The molecular weight excluding hydrogens is 721 g/mol. The molecule has 0 aliphatic heterocycles. The Morgan fingerprint density at radius 1 is 0.474 bits per heavy atom. The van der Waals surface area contributed by atoms with Gasteiger partial charge in [-0.15, -0.1) is 0 Å². The molecule has 0 atom stereocenters. The van der Waals surface area contributed by atoms with Crippen LogP contribution in [0.25, 0.3) is 12.2 Å². The highest BCUT2D eigenvalue weighted by Gasteiger charge is 2.17. The highest BCUT2D eigenvalue weighted by atomic mass is 16.5. The maximum atomic E-state index is 12.9. The lowest BCUT2D eigenvalue weighted by Gasteiger charge is -2.16. The minimum Gasteiger partial charge on any atom is -0.496 e. The predicted octanol–water partition coefficient (Wildman–Crippen LogP) is 11.3. The Morgan fingerprint density at radius 3 is 1.49 bits per heavy atom. The van der Waals surface area contributed by atoms with E-state index in [2.05, 4.69) is 0 Å². The van der Waals surface area contributed by atoms with Crippen LogP contribution in [0, 0.1) is 20.8 Å². The summed E-state index contributed by atoms with van der Waals surface area (Å²) in [5.74, 6) is 4.36. The zero-order chi connectivity index (χ0) is 42.4. The predicted molar refractivity (Wildman–Crippen MR) is 229 cm³/mol. The summed E-state index contributed by atoms with van der Waals surface area (Å²) in [6, 6.07) is 18.4. The van der Waals surface area contributed by atoms with Crippen molar-refractivity contribution in [1.29, 1.82) is 0 Å². The van der Waals surface area contributed by atoms with Gasteiger partial charge in [0.05, 0.1) is 56.9 Å². The molecule has 0 fully saturated rings. The van der Waals surface area contributed by atoms with Crippen molar-refractivity contribution in [2.75, 3.05) is 21.3 Å². The lowest BCUT2D eigenvalue weighted by molar-refractivity contribution is 0.103. The maximum Gasteiger partial charge on any atom is 0.189 e. The van der Waals surface area contributed by atoms with Gasteiger partial charge in [-0.05, 0) is 154 Å². The fourth-order valence-corrected chi connectivity index (χ4v) is 5.83. The lowest BCUT2D eigenvalue weighted by Crippen LogP contribution is -2.11. The molecule has 9 nitrogen and oxygen atoms in total. The number of hydrogen-bond donors (Lipinski definition) is 0. The van der Waals surface area contributed by atoms with Gasteiger partial charge in [0, 0.05) is 28.8 Å². The van der Waals surface area contributed by atoms with Crippen molar-refractivity contribution < 1.29 is 42.7 Å². The summed E-state index contributed by atoms with van der Waals surface area (Å²) in [6.07, 6.45) is 6.65. The van der Waals surface area contributed by atoms with Crippen molar-refractivity contribution in [2.45, 2.75) is 101 Å². The lowest BCUT2D eigenvalue weighted by atomic mass is 10.0. The molecule has 0 unspecified atom stereocenters. The van der Waals surface area contributed by atoms with E-state index in [0.29, 0.717) is 39.9 Å². The Labute approximate surface area is 339 Å². The van der Waals surface area contributed by atoms with Crippen molar-refractivity contribution >= 4 is 23.7 Å². The molecule has 4 aromatic rings. The van der Waals surface area contributed by atoms with Crippen molar-refractivity contribution in [2.24, 2.45) is 0 Å². The highest BCUT2D eigenvalue weighted by Crippen LogP contribution is 2.34. The fraction of sp³-hybridized carbons (Fsp3) is 0.375. The molecule has 0 heterocycles. The molecule has 0 aromatic heterocycles. The number of hydrogen-bond acceptors (Lipinski definition) is 9. The van der Waals surface area contributed by atoms with Gasteiger partial charge < -0.3 is 33.2 Å². The molecule has 4 rings (SSSR count). The second-order valence-corrected chi connectivity index (χ2v) is 14.5. The number of benzene rings is 4. The second-order valence-electron chi connectivity index (χ2n) is 14.5. The van der Waals surface area contributed by atoms with Gasteiger partial charge >= 0.3 is 0 Å². The molecule has 9 heteroatoms. The summed E-state index contributed by atoms with van der Waals surface area (Å²) in [6.45, 7) is 21.5. The summed E-state index contributed by atoms with van der Waals surface area (Å²) in [4.78, 5) is 25.7. The van der Waals surface area contributed by atoms with Crippen LogP contribution in [-0.2, 0) is 0 Å². The molecule has 306 valence electrons. The first-order valence-electron chi connectivity index (χ1n) is 19.2. The maximum absolute atomic E-state index is 12.9. The van der Waals surface area contributed by atoms with E-state index in [9.17, 15) is 9.59 Å². The zero-order valence-electron chi connectivity index (χ0n) is 36.1. The molecule has 0 aliphatic rings. The molecule has 0 aliphatic carbocycles. The molecule has 0 saturated heterocycles. The van der Waals surface area contributed by atoms with Crippen molar-refractivity contribution in [3.63, 3.8) is 0 Å². The monoisotopic (exact) mass is 780 g/mol. The van der Waals surface area contributed by atoms with Crippen LogP contribution in [0.5, 0.6) is 40.2 Å². The Balaban J connectivity index is 0.000000306. The summed E-state index contributed by atoms with van der Waals surface area (Å²) in [5.41, 5.74) is 5.59. The highest BCUT2D eigenvalue weighted by molar-refractivity contribution is 6.09. The first-order chi connectivity index (χ1) is 27.0. The molecule has 57 heavy (non-hydrogen) atoms. The molecule has 0 N–H and O–H groups in total. The third kappa shape index (κ3) is 13.2. The van der Waals surface area contributed by atoms with E-state index in [-0.39, 0.29) is 36.0 Å². The molecule has 0 saturated carbocycles. The van der Waals surface area contributed by atoms with Gasteiger partial charge in [-0.1, -0.05) is 6.07 Å². The Morgan fingerprint density at radius 2 is 0.947 bits per heavy atom. The number of carbonyl (C=O) groups is 2. The van der Waals surface area contributed by atoms with Gasteiger partial charge in [0.1, 0.15) is 40.2 Å². The number of rotatable bonds is 17. The van der Waals surface area contributed by atoms with E-state index in [4.69, 9.17) is 33.2 Å². The third-order valence-electron chi connectivity index (χ3n) is 8.46. The quantitative estimate of drug-likeness (QED) is 0.0766. The molecule has 0 bridgehead atoms.